The normalized spacial score (nSPS) is 14.9. The smallest absolute Gasteiger partial charge is 0.352 e. The number of H-pyrrole nitrogens is 1. The Hall–Kier alpha value is -0.850. The summed E-state index contributed by atoms with van der Waals surface area (Å²) in [6.07, 6.45) is -0.186. The molecule has 1 rings (SSSR count). The summed E-state index contributed by atoms with van der Waals surface area (Å²) in [4.78, 5) is 13.1. The summed E-state index contributed by atoms with van der Waals surface area (Å²) in [6, 6.07) is 1.31. The molecule has 0 aliphatic rings. The highest BCUT2D eigenvalue weighted by Gasteiger charge is 2.19. The zero-order chi connectivity index (χ0) is 11.4. The quantitative estimate of drug-likeness (QED) is 0.602. The SMILES string of the molecule is O=C(O)c1cc(C(O)C(O)CCBr)c[nH]1. The molecule has 0 aliphatic carbocycles. The molecule has 0 amide bonds. The third-order valence-corrected chi connectivity index (χ3v) is 2.50. The average molecular weight is 278 g/mol. The van der Waals surface area contributed by atoms with E-state index in [1.165, 1.54) is 12.3 Å². The number of halogens is 1. The molecule has 1 heterocycles. The third-order valence-electron chi connectivity index (χ3n) is 2.05. The summed E-state index contributed by atoms with van der Waals surface area (Å²) in [6.45, 7) is 0. The minimum absolute atomic E-state index is 0.00454. The first-order valence-corrected chi connectivity index (χ1v) is 5.52. The van der Waals surface area contributed by atoms with Crippen molar-refractivity contribution in [2.24, 2.45) is 0 Å². The van der Waals surface area contributed by atoms with Gasteiger partial charge in [0.1, 0.15) is 11.8 Å². The lowest BCUT2D eigenvalue weighted by Gasteiger charge is -2.15. The van der Waals surface area contributed by atoms with Gasteiger partial charge in [0, 0.05) is 17.1 Å². The Labute approximate surface area is 94.9 Å². The molecule has 0 spiro atoms. The molecule has 1 aromatic rings. The average Bonchev–Trinajstić information content (AvgIpc) is 2.65. The second kappa shape index (κ2) is 5.29. The van der Waals surface area contributed by atoms with Crippen LogP contribution < -0.4 is 0 Å². The van der Waals surface area contributed by atoms with Gasteiger partial charge >= 0.3 is 5.97 Å². The summed E-state index contributed by atoms with van der Waals surface area (Å²) in [7, 11) is 0. The second-order valence-electron chi connectivity index (χ2n) is 3.14. The summed E-state index contributed by atoms with van der Waals surface area (Å²) >= 11 is 3.15. The maximum Gasteiger partial charge on any atom is 0.352 e. The first-order chi connectivity index (χ1) is 7.06. The lowest BCUT2D eigenvalue weighted by Crippen LogP contribution is -2.18. The zero-order valence-electron chi connectivity index (χ0n) is 7.85. The van der Waals surface area contributed by atoms with Crippen LogP contribution in [0.3, 0.4) is 0 Å². The van der Waals surface area contributed by atoms with Crippen molar-refractivity contribution in [3.8, 4) is 0 Å². The van der Waals surface area contributed by atoms with E-state index in [0.29, 0.717) is 17.3 Å². The van der Waals surface area contributed by atoms with Gasteiger partial charge in [-0.2, -0.15) is 0 Å². The molecule has 0 bridgehead atoms. The fraction of sp³-hybridized carbons (Fsp3) is 0.444. The largest absolute Gasteiger partial charge is 0.477 e. The Kier molecular flexibility index (Phi) is 4.31. The van der Waals surface area contributed by atoms with Gasteiger partial charge in [0.2, 0.25) is 0 Å². The van der Waals surface area contributed by atoms with Gasteiger partial charge < -0.3 is 20.3 Å². The number of hydrogen-bond acceptors (Lipinski definition) is 3. The number of aromatic nitrogens is 1. The number of carboxylic acids is 1. The van der Waals surface area contributed by atoms with E-state index in [0.717, 1.165) is 0 Å². The van der Waals surface area contributed by atoms with E-state index >= 15 is 0 Å². The number of aromatic amines is 1. The Morgan fingerprint density at radius 3 is 2.67 bits per heavy atom. The third kappa shape index (κ3) is 3.05. The van der Waals surface area contributed by atoms with Crippen molar-refractivity contribution in [2.45, 2.75) is 18.6 Å². The number of nitrogens with one attached hydrogen (secondary N) is 1. The van der Waals surface area contributed by atoms with E-state index in [2.05, 4.69) is 20.9 Å². The molecule has 0 aliphatic heterocycles. The fourth-order valence-electron chi connectivity index (χ4n) is 1.20. The van der Waals surface area contributed by atoms with Crippen LogP contribution in [-0.2, 0) is 0 Å². The van der Waals surface area contributed by atoms with E-state index in [-0.39, 0.29) is 5.69 Å². The molecular weight excluding hydrogens is 266 g/mol. The number of hydrogen-bond donors (Lipinski definition) is 4. The number of alkyl halides is 1. The monoisotopic (exact) mass is 277 g/mol. The van der Waals surface area contributed by atoms with Gasteiger partial charge in [0.15, 0.2) is 0 Å². The van der Waals surface area contributed by atoms with Crippen LogP contribution in [-0.4, -0.2) is 37.7 Å². The van der Waals surface area contributed by atoms with Crippen LogP contribution in [0, 0.1) is 0 Å². The molecule has 15 heavy (non-hydrogen) atoms. The Bertz CT molecular complexity index is 339. The topological polar surface area (TPSA) is 93.6 Å². The molecule has 0 radical (unpaired) electrons. The lowest BCUT2D eigenvalue weighted by atomic mass is 10.1. The van der Waals surface area contributed by atoms with Gasteiger partial charge in [-0.05, 0) is 12.5 Å². The summed E-state index contributed by atoms with van der Waals surface area (Å²) in [5.74, 6) is -1.09. The predicted molar refractivity (Wildman–Crippen MR) is 57.1 cm³/mol. The first-order valence-electron chi connectivity index (χ1n) is 4.40. The maximum absolute atomic E-state index is 10.5. The standard InChI is InChI=1S/C9H12BrNO4/c10-2-1-7(12)8(13)5-3-6(9(14)15)11-4-5/h3-4,7-8,11-13H,1-2H2,(H,14,15). The van der Waals surface area contributed by atoms with E-state index in [1.54, 1.807) is 0 Å². The van der Waals surface area contributed by atoms with Crippen molar-refractivity contribution in [2.75, 3.05) is 5.33 Å². The van der Waals surface area contributed by atoms with Crippen molar-refractivity contribution < 1.29 is 20.1 Å². The van der Waals surface area contributed by atoms with Crippen LogP contribution in [0.25, 0.3) is 0 Å². The minimum atomic E-state index is -1.09. The van der Waals surface area contributed by atoms with Crippen LogP contribution in [0.15, 0.2) is 12.3 Å². The van der Waals surface area contributed by atoms with Crippen LogP contribution >= 0.6 is 15.9 Å². The molecule has 0 fully saturated rings. The van der Waals surface area contributed by atoms with Gasteiger partial charge in [-0.3, -0.25) is 0 Å². The van der Waals surface area contributed by atoms with Gasteiger partial charge in [0.05, 0.1) is 6.10 Å². The summed E-state index contributed by atoms with van der Waals surface area (Å²) < 4.78 is 0. The van der Waals surface area contributed by atoms with Crippen molar-refractivity contribution in [1.29, 1.82) is 0 Å². The Balaban J connectivity index is 2.73. The van der Waals surface area contributed by atoms with Crippen molar-refractivity contribution in [3.05, 3.63) is 23.5 Å². The molecular formula is C9H12BrNO4. The lowest BCUT2D eigenvalue weighted by molar-refractivity contribution is 0.0174. The number of carboxylic acid groups (broad SMARTS) is 1. The molecule has 0 saturated carbocycles. The van der Waals surface area contributed by atoms with E-state index in [9.17, 15) is 15.0 Å². The molecule has 84 valence electrons. The van der Waals surface area contributed by atoms with Crippen LogP contribution in [0.5, 0.6) is 0 Å². The second-order valence-corrected chi connectivity index (χ2v) is 3.93. The summed E-state index contributed by atoms with van der Waals surface area (Å²) in [5.41, 5.74) is 0.371. The number of rotatable bonds is 5. The number of aromatic carboxylic acids is 1. The molecule has 4 N–H and O–H groups in total. The highest BCUT2D eigenvalue weighted by Crippen LogP contribution is 2.20. The number of aliphatic hydroxyl groups excluding tert-OH is 2. The highest BCUT2D eigenvalue weighted by molar-refractivity contribution is 9.09. The predicted octanol–water partition coefficient (Wildman–Crippen LogP) is 0.892. The zero-order valence-corrected chi connectivity index (χ0v) is 9.44. The van der Waals surface area contributed by atoms with Crippen molar-refractivity contribution >= 4 is 21.9 Å². The van der Waals surface area contributed by atoms with E-state index < -0.39 is 18.2 Å². The van der Waals surface area contributed by atoms with Crippen LogP contribution in [0.1, 0.15) is 28.6 Å². The van der Waals surface area contributed by atoms with Crippen LogP contribution in [0.4, 0.5) is 0 Å². The first kappa shape index (κ1) is 12.2. The van der Waals surface area contributed by atoms with Crippen molar-refractivity contribution in [3.63, 3.8) is 0 Å². The van der Waals surface area contributed by atoms with E-state index in [1.807, 2.05) is 0 Å². The molecule has 2 atom stereocenters. The maximum atomic E-state index is 10.5. The molecule has 0 aromatic carbocycles. The molecule has 1 aromatic heterocycles. The molecule has 2 unspecified atom stereocenters. The highest BCUT2D eigenvalue weighted by atomic mass is 79.9. The Morgan fingerprint density at radius 2 is 2.20 bits per heavy atom. The van der Waals surface area contributed by atoms with Gasteiger partial charge in [-0.15, -0.1) is 0 Å². The van der Waals surface area contributed by atoms with E-state index in [4.69, 9.17) is 5.11 Å². The fourth-order valence-corrected chi connectivity index (χ4v) is 1.67. The van der Waals surface area contributed by atoms with Crippen LogP contribution in [0.2, 0.25) is 0 Å². The minimum Gasteiger partial charge on any atom is -0.477 e. The number of carbonyl (C=O) groups is 1. The van der Waals surface area contributed by atoms with Crippen molar-refractivity contribution in [1.82, 2.24) is 4.98 Å². The van der Waals surface area contributed by atoms with Gasteiger partial charge in [0.25, 0.3) is 0 Å². The molecule has 5 nitrogen and oxygen atoms in total. The van der Waals surface area contributed by atoms with Gasteiger partial charge in [-0.1, -0.05) is 15.9 Å². The molecule has 6 heteroatoms. The molecule has 0 saturated heterocycles. The Morgan fingerprint density at radius 1 is 1.53 bits per heavy atom. The summed E-state index contributed by atoms with van der Waals surface area (Å²) in [5, 5.41) is 28.3. The number of aliphatic hydroxyl groups is 2. The van der Waals surface area contributed by atoms with Gasteiger partial charge in [-0.25, -0.2) is 4.79 Å².